The van der Waals surface area contributed by atoms with E-state index in [1.165, 1.54) is 0 Å². The Hall–Kier alpha value is -3.82. The molecule has 0 spiro atoms. The Morgan fingerprint density at radius 2 is 1.43 bits per heavy atom. The number of rotatable bonds is 10. The molecule has 2 aliphatic carbocycles. The van der Waals surface area contributed by atoms with Gasteiger partial charge in [-0.1, -0.05) is 41.5 Å². The van der Waals surface area contributed by atoms with Crippen molar-refractivity contribution in [3.8, 4) is 0 Å². The SMILES string of the molecule is Cc1[nH]c(NC(=O)NCC2(C)CC(N=C=O)CC(C)(C)C2)nc(=O)c1CCOC(=O)NCC1(C)CC(N=C=O)CC(C)(C)C1. The summed E-state index contributed by atoms with van der Waals surface area (Å²) in [5, 5.41) is 8.25. The number of aryl methyl sites for hydroxylation is 1. The van der Waals surface area contributed by atoms with Gasteiger partial charge in [-0.2, -0.15) is 4.98 Å². The van der Waals surface area contributed by atoms with E-state index in [1.54, 1.807) is 19.1 Å². The highest BCUT2D eigenvalue weighted by atomic mass is 16.5. The average molecular weight is 614 g/mol. The Balaban J connectivity index is 1.49. The molecule has 44 heavy (non-hydrogen) atoms. The first-order chi connectivity index (χ1) is 20.5. The first kappa shape index (κ1) is 34.7. The first-order valence-electron chi connectivity index (χ1n) is 15.2. The molecule has 1 aromatic rings. The normalized spacial score (nSPS) is 27.2. The van der Waals surface area contributed by atoms with Crippen LogP contribution < -0.4 is 21.5 Å². The summed E-state index contributed by atoms with van der Waals surface area (Å²) in [6.45, 7) is 15.0. The zero-order valence-electron chi connectivity index (χ0n) is 27.0. The predicted molar refractivity (Wildman–Crippen MR) is 165 cm³/mol. The topological polar surface area (TPSA) is 184 Å². The second-order valence-electron chi connectivity index (χ2n) is 14.9. The number of isocyanates is 2. The van der Waals surface area contributed by atoms with E-state index in [0.717, 1.165) is 25.7 Å². The molecule has 3 rings (SSSR count). The quantitative estimate of drug-likeness (QED) is 0.224. The first-order valence-corrected chi connectivity index (χ1v) is 15.2. The van der Waals surface area contributed by atoms with E-state index in [2.05, 4.69) is 77.4 Å². The number of amides is 3. The van der Waals surface area contributed by atoms with Crippen LogP contribution in [0.3, 0.4) is 0 Å². The minimum absolute atomic E-state index is 0.00541. The number of hydrogen-bond donors (Lipinski definition) is 4. The molecule has 0 saturated heterocycles. The molecule has 2 saturated carbocycles. The molecule has 4 unspecified atom stereocenters. The molecule has 4 N–H and O–H groups in total. The van der Waals surface area contributed by atoms with Crippen LogP contribution in [0.25, 0.3) is 0 Å². The van der Waals surface area contributed by atoms with Gasteiger partial charge < -0.3 is 20.4 Å². The van der Waals surface area contributed by atoms with Gasteiger partial charge >= 0.3 is 12.1 Å². The van der Waals surface area contributed by atoms with Crippen LogP contribution in [0.2, 0.25) is 0 Å². The molecule has 13 nitrogen and oxygen atoms in total. The smallest absolute Gasteiger partial charge is 0.407 e. The second-order valence-corrected chi connectivity index (χ2v) is 14.9. The van der Waals surface area contributed by atoms with E-state index in [-0.39, 0.29) is 52.7 Å². The summed E-state index contributed by atoms with van der Waals surface area (Å²) in [6.07, 6.45) is 7.49. The lowest BCUT2D eigenvalue weighted by atomic mass is 9.62. The van der Waals surface area contributed by atoms with Gasteiger partial charge in [0.2, 0.25) is 18.1 Å². The minimum Gasteiger partial charge on any atom is -0.449 e. The lowest BCUT2D eigenvalue weighted by Gasteiger charge is -2.45. The summed E-state index contributed by atoms with van der Waals surface area (Å²) < 4.78 is 5.33. The largest absolute Gasteiger partial charge is 0.449 e. The summed E-state index contributed by atoms with van der Waals surface area (Å²) in [7, 11) is 0. The maximum atomic E-state index is 12.7. The Labute approximate surface area is 258 Å². The molecule has 4 atom stereocenters. The fourth-order valence-electron chi connectivity index (χ4n) is 7.75. The number of aliphatic imine (C=N–C) groups is 2. The maximum absolute atomic E-state index is 12.7. The molecule has 0 aromatic carbocycles. The van der Waals surface area contributed by atoms with Crippen LogP contribution in [0.15, 0.2) is 14.8 Å². The van der Waals surface area contributed by atoms with Gasteiger partial charge in [0.05, 0.1) is 18.7 Å². The summed E-state index contributed by atoms with van der Waals surface area (Å²) in [5.41, 5.74) is -0.280. The van der Waals surface area contributed by atoms with Crippen molar-refractivity contribution in [3.63, 3.8) is 0 Å². The van der Waals surface area contributed by atoms with Crippen LogP contribution in [-0.2, 0) is 20.7 Å². The van der Waals surface area contributed by atoms with Crippen LogP contribution >= 0.6 is 0 Å². The molecule has 0 aliphatic heterocycles. The summed E-state index contributed by atoms with van der Waals surface area (Å²) >= 11 is 0. The molecule has 2 fully saturated rings. The molecule has 1 heterocycles. The van der Waals surface area contributed by atoms with Gasteiger partial charge in [0, 0.05) is 30.8 Å². The fraction of sp³-hybridized carbons (Fsp3) is 0.742. The highest BCUT2D eigenvalue weighted by Crippen LogP contribution is 2.47. The molecule has 0 bridgehead atoms. The van der Waals surface area contributed by atoms with Gasteiger partial charge in [-0.25, -0.2) is 29.2 Å². The van der Waals surface area contributed by atoms with Crippen molar-refractivity contribution in [3.05, 3.63) is 21.6 Å². The highest BCUT2D eigenvalue weighted by molar-refractivity contribution is 5.87. The Kier molecular flexibility index (Phi) is 10.9. The predicted octanol–water partition coefficient (Wildman–Crippen LogP) is 4.31. The lowest BCUT2D eigenvalue weighted by Crippen LogP contribution is -2.45. The number of hydrogen-bond acceptors (Lipinski definition) is 9. The van der Waals surface area contributed by atoms with Gasteiger partial charge in [-0.05, 0) is 67.1 Å². The number of carbonyl (C=O) groups excluding carboxylic acids is 4. The monoisotopic (exact) mass is 613 g/mol. The number of ether oxygens (including phenoxy) is 1. The number of aromatic nitrogens is 2. The van der Waals surface area contributed by atoms with Crippen molar-refractivity contribution in [1.29, 1.82) is 0 Å². The van der Waals surface area contributed by atoms with Crippen LogP contribution in [0.1, 0.15) is 91.3 Å². The number of nitrogens with one attached hydrogen (secondary N) is 4. The number of anilines is 1. The van der Waals surface area contributed by atoms with Crippen molar-refractivity contribution in [2.45, 2.75) is 105 Å². The van der Waals surface area contributed by atoms with E-state index in [1.807, 2.05) is 0 Å². The zero-order valence-corrected chi connectivity index (χ0v) is 27.0. The van der Waals surface area contributed by atoms with Crippen LogP contribution in [0, 0.1) is 28.6 Å². The summed E-state index contributed by atoms with van der Waals surface area (Å²) in [6, 6.07) is -0.784. The average Bonchev–Trinajstić information content (AvgIpc) is 2.86. The van der Waals surface area contributed by atoms with Crippen molar-refractivity contribution in [1.82, 2.24) is 20.6 Å². The van der Waals surface area contributed by atoms with Crippen LogP contribution in [-0.4, -0.2) is 66.0 Å². The number of urea groups is 1. The van der Waals surface area contributed by atoms with E-state index >= 15 is 0 Å². The third kappa shape index (κ3) is 10.1. The number of H-pyrrole nitrogens is 1. The molecule has 242 valence electrons. The number of nitrogens with zero attached hydrogens (tertiary/aromatic N) is 3. The van der Waals surface area contributed by atoms with E-state index in [4.69, 9.17) is 4.74 Å². The van der Waals surface area contributed by atoms with Gasteiger partial charge in [0.15, 0.2) is 0 Å². The molecule has 3 amide bonds. The van der Waals surface area contributed by atoms with Gasteiger partial charge in [0.25, 0.3) is 5.56 Å². The van der Waals surface area contributed by atoms with E-state index in [9.17, 15) is 24.0 Å². The fourth-order valence-corrected chi connectivity index (χ4v) is 7.75. The van der Waals surface area contributed by atoms with Crippen molar-refractivity contribution >= 4 is 30.2 Å². The molecular weight excluding hydrogens is 566 g/mol. The summed E-state index contributed by atoms with van der Waals surface area (Å²) in [4.78, 5) is 74.2. The Morgan fingerprint density at radius 3 is 1.93 bits per heavy atom. The Morgan fingerprint density at radius 1 is 0.909 bits per heavy atom. The second kappa shape index (κ2) is 13.9. The minimum atomic E-state index is -0.596. The van der Waals surface area contributed by atoms with Crippen LogP contribution in [0.4, 0.5) is 15.5 Å². The number of aromatic amines is 1. The molecule has 13 heteroatoms. The lowest BCUT2D eigenvalue weighted by molar-refractivity contribution is 0.0785. The third-order valence-corrected chi connectivity index (χ3v) is 8.70. The molecular formula is C31H47N7O6. The molecule has 0 radical (unpaired) electrons. The standard InChI is InChI=1S/C31H47N7O6/c1-20-23(8-9-44-27(43)33-17-31(7)13-22(35-19-40)11-29(4,5)15-31)24(41)37-25(36-20)38-26(42)32-16-30(6)12-21(34-18-39)10-28(2,3)14-30/h21-22H,8-17H2,1-7H3,(H,33,43)(H3,32,36,37,38,41,42). The van der Waals surface area contributed by atoms with Gasteiger partial charge in [-0.15, -0.1) is 0 Å². The zero-order chi connectivity index (χ0) is 32.8. The van der Waals surface area contributed by atoms with Gasteiger partial charge in [0.1, 0.15) is 0 Å². The third-order valence-electron chi connectivity index (χ3n) is 8.70. The van der Waals surface area contributed by atoms with E-state index in [0.29, 0.717) is 37.2 Å². The van der Waals surface area contributed by atoms with Crippen molar-refractivity contribution in [2.75, 3.05) is 25.0 Å². The molecule has 2 aliphatic rings. The number of carbonyl (C=O) groups is 2. The number of alkyl carbamates (subject to hydrolysis) is 1. The summed E-state index contributed by atoms with van der Waals surface area (Å²) in [5.74, 6) is 0.00541. The van der Waals surface area contributed by atoms with Crippen LogP contribution in [0.5, 0.6) is 0 Å². The van der Waals surface area contributed by atoms with Crippen molar-refractivity contribution < 1.29 is 23.9 Å². The van der Waals surface area contributed by atoms with Gasteiger partial charge in [-0.3, -0.25) is 10.1 Å². The Bertz CT molecular complexity index is 1380. The molecule has 1 aromatic heterocycles. The maximum Gasteiger partial charge on any atom is 0.407 e. The van der Waals surface area contributed by atoms with Crippen molar-refractivity contribution in [2.24, 2.45) is 31.6 Å². The highest BCUT2D eigenvalue weighted by Gasteiger charge is 2.42. The van der Waals surface area contributed by atoms with E-state index < -0.39 is 17.7 Å².